The molecule has 1 amide bonds. The molecule has 1 aromatic carbocycles. The summed E-state index contributed by atoms with van der Waals surface area (Å²) < 4.78 is 6.56. The van der Waals surface area contributed by atoms with Gasteiger partial charge in [-0.15, -0.1) is 11.3 Å². The smallest absolute Gasteiger partial charge is 0.251 e. The molecule has 0 unspecified atom stereocenters. The number of fused-ring (bicyclic) bond motifs is 1. The Labute approximate surface area is 188 Å². The van der Waals surface area contributed by atoms with E-state index in [0.29, 0.717) is 39.1 Å². The maximum atomic E-state index is 12.6. The van der Waals surface area contributed by atoms with Crippen LogP contribution in [0.3, 0.4) is 0 Å². The van der Waals surface area contributed by atoms with Crippen molar-refractivity contribution in [3.63, 3.8) is 0 Å². The first-order chi connectivity index (χ1) is 15.0. The van der Waals surface area contributed by atoms with Crippen LogP contribution >= 0.6 is 22.9 Å². The van der Waals surface area contributed by atoms with E-state index in [1.165, 1.54) is 11.3 Å². The van der Waals surface area contributed by atoms with E-state index in [1.54, 1.807) is 30.6 Å². The van der Waals surface area contributed by atoms with Crippen molar-refractivity contribution in [2.75, 3.05) is 6.54 Å². The molecule has 2 N–H and O–H groups in total. The molecule has 0 atom stereocenters. The number of amides is 1. The first kappa shape index (κ1) is 21.3. The zero-order valence-electron chi connectivity index (χ0n) is 17.2. The lowest BCUT2D eigenvalue weighted by Gasteiger charge is -2.13. The van der Waals surface area contributed by atoms with Gasteiger partial charge in [0, 0.05) is 30.9 Å². The van der Waals surface area contributed by atoms with Crippen LogP contribution in [0.25, 0.3) is 21.6 Å². The van der Waals surface area contributed by atoms with Crippen LogP contribution in [0.1, 0.15) is 36.5 Å². The van der Waals surface area contributed by atoms with Gasteiger partial charge in [-0.25, -0.2) is 15.0 Å². The first-order valence-corrected chi connectivity index (χ1v) is 11.2. The van der Waals surface area contributed by atoms with E-state index in [1.807, 2.05) is 26.0 Å². The summed E-state index contributed by atoms with van der Waals surface area (Å²) in [6.07, 6.45) is 5.04. The fourth-order valence-electron chi connectivity index (χ4n) is 3.08. The number of hydrogen-bond donors (Lipinski definition) is 2. The molecular formula is C22H22ClN5O2S. The number of H-pyrrole nitrogens is 1. The summed E-state index contributed by atoms with van der Waals surface area (Å²) in [6, 6.07) is 9.00. The first-order valence-electron chi connectivity index (χ1n) is 10.00. The number of aromatic amines is 1. The Morgan fingerprint density at radius 1 is 1.23 bits per heavy atom. The van der Waals surface area contributed by atoms with Gasteiger partial charge in [0.25, 0.3) is 5.91 Å². The van der Waals surface area contributed by atoms with Crippen LogP contribution in [-0.2, 0) is 6.42 Å². The van der Waals surface area contributed by atoms with Crippen LogP contribution in [0.2, 0.25) is 4.34 Å². The number of benzene rings is 1. The molecule has 3 heterocycles. The monoisotopic (exact) mass is 455 g/mol. The van der Waals surface area contributed by atoms with Crippen molar-refractivity contribution in [3.8, 4) is 16.5 Å². The van der Waals surface area contributed by atoms with Crippen LogP contribution in [0.15, 0.2) is 42.7 Å². The Hall–Kier alpha value is -2.97. The predicted molar refractivity (Wildman–Crippen MR) is 123 cm³/mol. The average Bonchev–Trinajstić information content (AvgIpc) is 3.41. The highest BCUT2D eigenvalue weighted by Gasteiger charge is 2.17. The Balaban J connectivity index is 1.55. The molecule has 0 saturated heterocycles. The SMILES string of the molecule is CC(C)Oc1nc2ccc(C(=O)NCCCc3ncc[nH]3)cc2nc1-c1ccc(Cl)s1. The van der Waals surface area contributed by atoms with Gasteiger partial charge in [0.1, 0.15) is 11.5 Å². The fourth-order valence-corrected chi connectivity index (χ4v) is 4.11. The number of ether oxygens (including phenoxy) is 1. The Kier molecular flexibility index (Phi) is 6.48. The van der Waals surface area contributed by atoms with E-state index >= 15 is 0 Å². The number of thiophene rings is 1. The minimum atomic E-state index is -0.147. The van der Waals surface area contributed by atoms with E-state index in [0.717, 1.165) is 23.5 Å². The third-order valence-corrected chi connectivity index (χ3v) is 5.72. The molecule has 0 fully saturated rings. The highest BCUT2D eigenvalue weighted by Crippen LogP contribution is 2.36. The summed E-state index contributed by atoms with van der Waals surface area (Å²) in [5.41, 5.74) is 2.44. The van der Waals surface area contributed by atoms with E-state index in [9.17, 15) is 4.79 Å². The molecule has 0 radical (unpaired) electrons. The van der Waals surface area contributed by atoms with Gasteiger partial charge in [-0.3, -0.25) is 4.79 Å². The molecule has 31 heavy (non-hydrogen) atoms. The number of nitrogens with zero attached hydrogens (tertiary/aromatic N) is 3. The Bertz CT molecular complexity index is 1190. The molecule has 0 aliphatic heterocycles. The topological polar surface area (TPSA) is 92.8 Å². The number of nitrogens with one attached hydrogen (secondary N) is 2. The molecular weight excluding hydrogens is 434 g/mol. The molecule has 0 aliphatic carbocycles. The van der Waals surface area contributed by atoms with Gasteiger partial charge in [0.05, 0.1) is 26.4 Å². The van der Waals surface area contributed by atoms with Gasteiger partial charge < -0.3 is 15.0 Å². The number of imidazole rings is 1. The highest BCUT2D eigenvalue weighted by molar-refractivity contribution is 7.19. The number of hydrogen-bond acceptors (Lipinski definition) is 6. The summed E-state index contributed by atoms with van der Waals surface area (Å²) in [4.78, 5) is 30.1. The van der Waals surface area contributed by atoms with Crippen molar-refractivity contribution in [2.45, 2.75) is 32.8 Å². The maximum absolute atomic E-state index is 12.6. The minimum absolute atomic E-state index is 0.0489. The van der Waals surface area contributed by atoms with Crippen LogP contribution in [0.4, 0.5) is 0 Å². The number of rotatable bonds is 8. The summed E-state index contributed by atoms with van der Waals surface area (Å²) in [5.74, 6) is 1.22. The van der Waals surface area contributed by atoms with Crippen LogP contribution in [0, 0.1) is 0 Å². The number of carbonyl (C=O) groups excluding carboxylic acids is 1. The molecule has 3 aromatic heterocycles. The molecule has 0 spiro atoms. The van der Waals surface area contributed by atoms with Gasteiger partial charge in [-0.2, -0.15) is 0 Å². The van der Waals surface area contributed by atoms with Crippen LogP contribution < -0.4 is 10.1 Å². The zero-order chi connectivity index (χ0) is 21.8. The Morgan fingerprint density at radius 3 is 2.81 bits per heavy atom. The normalized spacial score (nSPS) is 11.2. The standard InChI is InChI=1S/C22H22ClN5O2S/c1-13(2)30-22-20(17-7-8-18(23)31-17)27-16-12-14(5-6-15(16)28-22)21(29)26-9-3-4-19-24-10-11-25-19/h5-8,10-13H,3-4,9H2,1-2H3,(H,24,25)(H,26,29). The third kappa shape index (κ3) is 5.21. The van der Waals surface area contributed by atoms with Crippen LogP contribution in [-0.4, -0.2) is 38.5 Å². The molecule has 4 aromatic rings. The molecule has 0 bridgehead atoms. The van der Waals surface area contributed by atoms with E-state index in [4.69, 9.17) is 21.3 Å². The maximum Gasteiger partial charge on any atom is 0.251 e. The second kappa shape index (κ2) is 9.45. The summed E-state index contributed by atoms with van der Waals surface area (Å²) in [6.45, 7) is 4.44. The van der Waals surface area contributed by atoms with Crippen LogP contribution in [0.5, 0.6) is 5.88 Å². The predicted octanol–water partition coefficient (Wildman–Crippen LogP) is 4.88. The fraction of sp³-hybridized carbons (Fsp3) is 0.273. The summed E-state index contributed by atoms with van der Waals surface area (Å²) in [5, 5.41) is 2.94. The van der Waals surface area contributed by atoms with Gasteiger partial charge in [-0.05, 0) is 50.6 Å². The second-order valence-electron chi connectivity index (χ2n) is 7.25. The largest absolute Gasteiger partial charge is 0.473 e. The van der Waals surface area contributed by atoms with Gasteiger partial charge in [0.2, 0.25) is 5.88 Å². The Morgan fingerprint density at radius 2 is 2.10 bits per heavy atom. The van der Waals surface area contributed by atoms with Crippen molar-refractivity contribution < 1.29 is 9.53 Å². The average molecular weight is 456 g/mol. The third-order valence-electron chi connectivity index (χ3n) is 4.48. The number of aromatic nitrogens is 4. The second-order valence-corrected chi connectivity index (χ2v) is 8.96. The lowest BCUT2D eigenvalue weighted by Crippen LogP contribution is -2.24. The van der Waals surface area contributed by atoms with Crippen molar-refractivity contribution >= 4 is 39.9 Å². The number of halogens is 1. The van der Waals surface area contributed by atoms with Crippen molar-refractivity contribution in [3.05, 3.63) is 58.4 Å². The number of aryl methyl sites for hydroxylation is 1. The lowest BCUT2D eigenvalue weighted by molar-refractivity contribution is 0.0953. The van der Waals surface area contributed by atoms with Crippen molar-refractivity contribution in [1.29, 1.82) is 0 Å². The lowest BCUT2D eigenvalue weighted by atomic mass is 10.1. The van der Waals surface area contributed by atoms with Crippen molar-refractivity contribution in [2.24, 2.45) is 0 Å². The molecule has 7 nitrogen and oxygen atoms in total. The summed E-state index contributed by atoms with van der Waals surface area (Å²) in [7, 11) is 0. The molecule has 4 rings (SSSR count). The number of carbonyl (C=O) groups is 1. The quantitative estimate of drug-likeness (QED) is 0.369. The van der Waals surface area contributed by atoms with E-state index < -0.39 is 0 Å². The zero-order valence-corrected chi connectivity index (χ0v) is 18.8. The molecule has 9 heteroatoms. The molecule has 160 valence electrons. The molecule has 0 aliphatic rings. The van der Waals surface area contributed by atoms with E-state index in [-0.39, 0.29) is 12.0 Å². The van der Waals surface area contributed by atoms with Gasteiger partial charge in [-0.1, -0.05) is 11.6 Å². The minimum Gasteiger partial charge on any atom is -0.473 e. The van der Waals surface area contributed by atoms with Crippen molar-refractivity contribution in [1.82, 2.24) is 25.3 Å². The van der Waals surface area contributed by atoms with Gasteiger partial charge >= 0.3 is 0 Å². The summed E-state index contributed by atoms with van der Waals surface area (Å²) >= 11 is 7.53. The highest BCUT2D eigenvalue weighted by atomic mass is 35.5. The molecule has 0 saturated carbocycles. The van der Waals surface area contributed by atoms with E-state index in [2.05, 4.69) is 20.3 Å². The van der Waals surface area contributed by atoms with Gasteiger partial charge in [0.15, 0.2) is 0 Å².